The summed E-state index contributed by atoms with van der Waals surface area (Å²) >= 11 is 3.39. The molecule has 1 N–H and O–H groups in total. The van der Waals surface area contributed by atoms with Crippen LogP contribution in [0.1, 0.15) is 5.56 Å². The van der Waals surface area contributed by atoms with Crippen LogP contribution in [0.15, 0.2) is 69.9 Å². The number of hydrogen-bond acceptors (Lipinski definition) is 4. The molecule has 0 bridgehead atoms. The van der Waals surface area contributed by atoms with Crippen LogP contribution in [0, 0.1) is 0 Å². The predicted molar refractivity (Wildman–Crippen MR) is 106 cm³/mol. The summed E-state index contributed by atoms with van der Waals surface area (Å²) in [5.41, 5.74) is 2.07. The number of carbonyl (C=O) groups is 1. The van der Waals surface area contributed by atoms with Gasteiger partial charge in [-0.05, 0) is 35.9 Å². The van der Waals surface area contributed by atoms with Crippen molar-refractivity contribution < 1.29 is 9.53 Å². The summed E-state index contributed by atoms with van der Waals surface area (Å²) in [6.45, 7) is 0.199. The largest absolute Gasteiger partial charge is 0.497 e. The molecule has 1 amide bonds. The van der Waals surface area contributed by atoms with Gasteiger partial charge in [-0.3, -0.25) is 9.59 Å². The molecule has 0 spiro atoms. The number of hydrogen-bond donors (Lipinski definition) is 1. The molecule has 0 fully saturated rings. The van der Waals surface area contributed by atoms with Crippen molar-refractivity contribution >= 4 is 21.8 Å². The second-order valence-electron chi connectivity index (χ2n) is 5.85. The van der Waals surface area contributed by atoms with Crippen LogP contribution in [0.4, 0.5) is 0 Å². The maximum absolute atomic E-state index is 12.2. The first kappa shape index (κ1) is 18.8. The maximum Gasteiger partial charge on any atom is 0.267 e. The Labute approximate surface area is 164 Å². The van der Waals surface area contributed by atoms with E-state index in [1.165, 1.54) is 6.07 Å². The second-order valence-corrected chi connectivity index (χ2v) is 6.77. The Bertz CT molecular complexity index is 1000. The molecular weight excluding hydrogens is 410 g/mol. The second kappa shape index (κ2) is 8.64. The fraction of sp³-hybridized carbons (Fsp3) is 0.150. The minimum atomic E-state index is -0.326. The number of ether oxygens (including phenoxy) is 1. The van der Waals surface area contributed by atoms with Crippen LogP contribution in [0.3, 0.4) is 0 Å². The van der Waals surface area contributed by atoms with Gasteiger partial charge in [0.1, 0.15) is 12.3 Å². The van der Waals surface area contributed by atoms with Gasteiger partial charge in [-0.2, -0.15) is 5.10 Å². The molecule has 0 aliphatic carbocycles. The Morgan fingerprint density at radius 1 is 1.15 bits per heavy atom. The smallest absolute Gasteiger partial charge is 0.267 e. The lowest BCUT2D eigenvalue weighted by Gasteiger charge is -2.09. The van der Waals surface area contributed by atoms with Crippen molar-refractivity contribution in [1.82, 2.24) is 15.1 Å². The van der Waals surface area contributed by atoms with Crippen molar-refractivity contribution in [1.29, 1.82) is 0 Å². The van der Waals surface area contributed by atoms with E-state index in [-0.39, 0.29) is 18.0 Å². The van der Waals surface area contributed by atoms with Gasteiger partial charge in [0.25, 0.3) is 5.56 Å². The Morgan fingerprint density at radius 3 is 2.67 bits per heavy atom. The molecule has 0 saturated heterocycles. The first-order chi connectivity index (χ1) is 13.0. The van der Waals surface area contributed by atoms with Crippen LogP contribution in [0.25, 0.3) is 11.3 Å². The molecule has 0 aliphatic heterocycles. The number of rotatable bonds is 6. The number of amides is 1. The van der Waals surface area contributed by atoms with E-state index in [1.54, 1.807) is 13.2 Å². The van der Waals surface area contributed by atoms with Crippen LogP contribution in [0.5, 0.6) is 5.75 Å². The van der Waals surface area contributed by atoms with E-state index in [0.29, 0.717) is 12.2 Å². The monoisotopic (exact) mass is 427 g/mol. The number of carbonyl (C=O) groups excluding carboxylic acids is 1. The highest BCUT2D eigenvalue weighted by atomic mass is 79.9. The lowest BCUT2D eigenvalue weighted by Crippen LogP contribution is -2.33. The van der Waals surface area contributed by atoms with Gasteiger partial charge in [-0.25, -0.2) is 4.68 Å². The molecular formula is C20H18BrN3O3. The van der Waals surface area contributed by atoms with Gasteiger partial charge in [0.05, 0.1) is 12.8 Å². The number of benzene rings is 2. The lowest BCUT2D eigenvalue weighted by molar-refractivity contribution is -0.122. The molecule has 0 radical (unpaired) electrons. The zero-order valence-corrected chi connectivity index (χ0v) is 16.3. The SMILES string of the molecule is COc1cccc(CNC(=O)Cn2nc(-c3ccc(Br)cc3)ccc2=O)c1. The minimum absolute atomic E-state index is 0.146. The number of methoxy groups -OCH3 is 1. The highest BCUT2D eigenvalue weighted by Gasteiger charge is 2.08. The molecule has 7 heteroatoms. The Kier molecular flexibility index (Phi) is 6.03. The topological polar surface area (TPSA) is 73.2 Å². The molecule has 0 saturated carbocycles. The van der Waals surface area contributed by atoms with Crippen LogP contribution in [-0.4, -0.2) is 22.8 Å². The molecule has 0 unspecified atom stereocenters. The van der Waals surface area contributed by atoms with Crippen molar-refractivity contribution in [2.45, 2.75) is 13.1 Å². The molecule has 3 aromatic rings. The summed E-state index contributed by atoms with van der Waals surface area (Å²) in [5, 5.41) is 7.09. The molecule has 1 aromatic heterocycles. The molecule has 6 nitrogen and oxygen atoms in total. The number of nitrogens with one attached hydrogen (secondary N) is 1. The quantitative estimate of drug-likeness (QED) is 0.655. The van der Waals surface area contributed by atoms with Gasteiger partial charge in [0.2, 0.25) is 5.91 Å². The summed E-state index contributed by atoms with van der Waals surface area (Å²) < 4.78 is 7.28. The van der Waals surface area contributed by atoms with Crippen molar-refractivity contribution in [3.63, 3.8) is 0 Å². The molecule has 3 rings (SSSR count). The fourth-order valence-corrected chi connectivity index (χ4v) is 2.78. The summed E-state index contributed by atoms with van der Waals surface area (Å²) in [4.78, 5) is 24.3. The van der Waals surface area contributed by atoms with Crippen LogP contribution in [-0.2, 0) is 17.9 Å². The van der Waals surface area contributed by atoms with E-state index in [2.05, 4.69) is 26.3 Å². The molecule has 27 heavy (non-hydrogen) atoms. The number of halogens is 1. The van der Waals surface area contributed by atoms with E-state index in [4.69, 9.17) is 4.74 Å². The van der Waals surface area contributed by atoms with E-state index in [0.717, 1.165) is 26.0 Å². The van der Waals surface area contributed by atoms with E-state index in [1.807, 2.05) is 48.5 Å². The van der Waals surface area contributed by atoms with Crippen molar-refractivity contribution in [2.75, 3.05) is 7.11 Å². The highest BCUT2D eigenvalue weighted by Crippen LogP contribution is 2.18. The van der Waals surface area contributed by atoms with E-state index >= 15 is 0 Å². The molecule has 0 aliphatic rings. The third-order valence-corrected chi connectivity index (χ3v) is 4.45. The third kappa shape index (κ3) is 5.04. The number of nitrogens with zero attached hydrogens (tertiary/aromatic N) is 2. The normalized spacial score (nSPS) is 10.4. The van der Waals surface area contributed by atoms with E-state index in [9.17, 15) is 9.59 Å². The molecule has 2 aromatic carbocycles. The van der Waals surface area contributed by atoms with E-state index < -0.39 is 0 Å². The molecule has 0 atom stereocenters. The van der Waals surface area contributed by atoms with Gasteiger partial charge in [0, 0.05) is 22.6 Å². The van der Waals surface area contributed by atoms with Crippen molar-refractivity contribution in [2.24, 2.45) is 0 Å². The summed E-state index contributed by atoms with van der Waals surface area (Å²) in [6, 6.07) is 18.1. The standard InChI is InChI=1S/C20H18BrN3O3/c1-27-17-4-2-3-14(11-17)12-22-19(25)13-24-20(26)10-9-18(23-24)15-5-7-16(21)8-6-15/h2-11H,12-13H2,1H3,(H,22,25). The number of aromatic nitrogens is 2. The van der Waals surface area contributed by atoms with Gasteiger partial charge < -0.3 is 10.1 Å². The van der Waals surface area contributed by atoms with Gasteiger partial charge in [-0.15, -0.1) is 0 Å². The zero-order chi connectivity index (χ0) is 19.2. The van der Waals surface area contributed by atoms with Gasteiger partial charge >= 0.3 is 0 Å². The third-order valence-electron chi connectivity index (χ3n) is 3.92. The Morgan fingerprint density at radius 2 is 1.93 bits per heavy atom. The average molecular weight is 428 g/mol. The maximum atomic E-state index is 12.2. The first-order valence-corrected chi connectivity index (χ1v) is 9.08. The summed E-state index contributed by atoms with van der Waals surface area (Å²) in [5.74, 6) is 0.433. The van der Waals surface area contributed by atoms with Crippen LogP contribution >= 0.6 is 15.9 Å². The van der Waals surface area contributed by atoms with Gasteiger partial charge in [0.15, 0.2) is 0 Å². The Hall–Kier alpha value is -2.93. The van der Waals surface area contributed by atoms with Crippen LogP contribution in [0.2, 0.25) is 0 Å². The Balaban J connectivity index is 1.69. The van der Waals surface area contributed by atoms with Crippen molar-refractivity contribution in [3.05, 3.63) is 81.1 Å². The molecule has 138 valence electrons. The summed E-state index contributed by atoms with van der Waals surface area (Å²) in [7, 11) is 1.59. The zero-order valence-electron chi connectivity index (χ0n) is 14.7. The molecule has 1 heterocycles. The van der Waals surface area contributed by atoms with Crippen molar-refractivity contribution in [3.8, 4) is 17.0 Å². The fourth-order valence-electron chi connectivity index (χ4n) is 2.51. The lowest BCUT2D eigenvalue weighted by atomic mass is 10.1. The van der Waals surface area contributed by atoms with Gasteiger partial charge in [-0.1, -0.05) is 40.2 Å². The minimum Gasteiger partial charge on any atom is -0.497 e. The first-order valence-electron chi connectivity index (χ1n) is 8.29. The predicted octanol–water partition coefficient (Wildman–Crippen LogP) is 3.00. The van der Waals surface area contributed by atoms with Crippen LogP contribution < -0.4 is 15.6 Å². The summed E-state index contributed by atoms with van der Waals surface area (Å²) in [6.07, 6.45) is 0. The average Bonchev–Trinajstić information content (AvgIpc) is 2.69. The highest BCUT2D eigenvalue weighted by molar-refractivity contribution is 9.10.